The molecule has 3 aromatic rings. The molecule has 3 aromatic carbocycles. The van der Waals surface area contributed by atoms with Crippen molar-refractivity contribution in [3.63, 3.8) is 0 Å². The fraction of sp³-hybridized carbons (Fsp3) is 0.343. The van der Waals surface area contributed by atoms with Crippen LogP contribution in [0.1, 0.15) is 64.3 Å². The van der Waals surface area contributed by atoms with Crippen molar-refractivity contribution in [2.24, 2.45) is 17.5 Å². The molecule has 0 aliphatic heterocycles. The van der Waals surface area contributed by atoms with Gasteiger partial charge in [-0.3, -0.25) is 9.59 Å². The van der Waals surface area contributed by atoms with Crippen molar-refractivity contribution in [2.45, 2.75) is 64.4 Å². The van der Waals surface area contributed by atoms with Gasteiger partial charge in [0, 0.05) is 0 Å². The summed E-state index contributed by atoms with van der Waals surface area (Å²) in [6, 6.07) is 22.7. The van der Waals surface area contributed by atoms with Crippen LogP contribution < -0.4 is 16.6 Å². The minimum atomic E-state index is -2.65. The summed E-state index contributed by atoms with van der Waals surface area (Å²) in [4.78, 5) is 64.9. The first-order valence-corrected chi connectivity index (χ1v) is 14.9. The maximum atomic E-state index is 13.6. The first-order chi connectivity index (χ1) is 22.3. The Hall–Kier alpha value is -5.27. The fourth-order valence-electron chi connectivity index (χ4n) is 4.31. The van der Waals surface area contributed by atoms with E-state index in [1.54, 1.807) is 102 Å². The fourth-order valence-corrected chi connectivity index (χ4v) is 4.31. The number of hydrazine groups is 1. The lowest BCUT2D eigenvalue weighted by atomic mass is 9.90. The summed E-state index contributed by atoms with van der Waals surface area (Å²) < 4.78 is 21.8. The minimum Gasteiger partial charge on any atom is -0.479 e. The van der Waals surface area contributed by atoms with Crippen LogP contribution in [0.3, 0.4) is 0 Å². The van der Waals surface area contributed by atoms with Crippen molar-refractivity contribution in [3.05, 3.63) is 102 Å². The summed E-state index contributed by atoms with van der Waals surface area (Å²) in [7, 11) is 0. The van der Waals surface area contributed by atoms with Gasteiger partial charge in [0.05, 0.1) is 5.69 Å². The monoisotopic (exact) mass is 663 g/mol. The molecule has 13 heteroatoms. The van der Waals surface area contributed by atoms with Gasteiger partial charge in [-0.2, -0.15) is 0 Å². The average molecular weight is 664 g/mol. The molecule has 3 rings (SSSR count). The van der Waals surface area contributed by atoms with Crippen LogP contribution in [0.25, 0.3) is 0 Å². The number of aliphatic carboxylic acids is 1. The van der Waals surface area contributed by atoms with E-state index < -0.39 is 65.3 Å². The second kappa shape index (κ2) is 15.1. The van der Waals surface area contributed by atoms with Crippen LogP contribution in [0.4, 0.5) is 10.5 Å². The quantitative estimate of drug-likeness (QED) is 0.0655. The Bertz CT molecular complexity index is 1580. The SMILES string of the molecule is CC(C)(C)OC(=O)[C@H](COC(=O)N(N)c1cccc([C@@](N)(C(=O)O)C(=O)OC(C)(C)C)c1)C(=O)OC(c1ccccc1)c1ccccc1. The number of amides is 1. The number of carboxylic acid groups (broad SMARTS) is 1. The molecule has 2 atom stereocenters. The molecule has 0 bridgehead atoms. The summed E-state index contributed by atoms with van der Waals surface area (Å²) in [5.41, 5.74) is 2.26. The van der Waals surface area contributed by atoms with Crippen molar-refractivity contribution < 1.29 is 48.0 Å². The predicted octanol–water partition coefficient (Wildman–Crippen LogP) is 4.37. The molecular weight excluding hydrogens is 622 g/mol. The molecule has 256 valence electrons. The number of carbonyl (C=O) groups excluding carboxylic acids is 4. The number of nitrogens with two attached hydrogens (primary N) is 2. The Morgan fingerprint density at radius 3 is 1.75 bits per heavy atom. The number of hydrogen-bond donors (Lipinski definition) is 3. The number of carboxylic acids is 1. The molecule has 0 heterocycles. The number of rotatable bonds is 11. The Morgan fingerprint density at radius 1 is 0.750 bits per heavy atom. The van der Waals surface area contributed by atoms with Gasteiger partial charge in [-0.15, -0.1) is 0 Å². The van der Waals surface area contributed by atoms with E-state index in [1.165, 1.54) is 18.2 Å². The Kier molecular flexibility index (Phi) is 11.7. The molecule has 13 nitrogen and oxygen atoms in total. The third-order valence-corrected chi connectivity index (χ3v) is 6.62. The second-order valence-corrected chi connectivity index (χ2v) is 12.8. The Balaban J connectivity index is 1.86. The molecule has 0 saturated heterocycles. The molecule has 0 radical (unpaired) electrons. The molecule has 0 fully saturated rings. The smallest absolute Gasteiger partial charge is 0.428 e. The van der Waals surface area contributed by atoms with Crippen LogP contribution in [0, 0.1) is 5.92 Å². The first-order valence-electron chi connectivity index (χ1n) is 14.9. The largest absolute Gasteiger partial charge is 0.479 e. The van der Waals surface area contributed by atoms with Crippen LogP contribution >= 0.6 is 0 Å². The number of ether oxygens (including phenoxy) is 4. The molecule has 1 amide bonds. The Morgan fingerprint density at radius 2 is 1.27 bits per heavy atom. The van der Waals surface area contributed by atoms with E-state index >= 15 is 0 Å². The zero-order valence-electron chi connectivity index (χ0n) is 27.7. The molecule has 5 N–H and O–H groups in total. The van der Waals surface area contributed by atoms with E-state index in [2.05, 4.69) is 0 Å². The van der Waals surface area contributed by atoms with Crippen LogP contribution in [0.15, 0.2) is 84.9 Å². The van der Waals surface area contributed by atoms with Gasteiger partial charge in [0.15, 0.2) is 12.0 Å². The van der Waals surface area contributed by atoms with Crippen LogP contribution in [0.5, 0.6) is 0 Å². The van der Waals surface area contributed by atoms with Gasteiger partial charge in [0.1, 0.15) is 17.8 Å². The number of benzene rings is 3. The van der Waals surface area contributed by atoms with Gasteiger partial charge in [-0.05, 0) is 70.4 Å². The van der Waals surface area contributed by atoms with E-state index in [9.17, 15) is 29.1 Å². The van der Waals surface area contributed by atoms with E-state index in [-0.39, 0.29) is 11.3 Å². The molecule has 0 saturated carbocycles. The van der Waals surface area contributed by atoms with Crippen molar-refractivity contribution >= 4 is 35.7 Å². The summed E-state index contributed by atoms with van der Waals surface area (Å²) >= 11 is 0. The lowest BCUT2D eigenvalue weighted by molar-refractivity contribution is -0.173. The predicted molar refractivity (Wildman–Crippen MR) is 174 cm³/mol. The van der Waals surface area contributed by atoms with Gasteiger partial charge in [-0.25, -0.2) is 25.2 Å². The van der Waals surface area contributed by atoms with Crippen molar-refractivity contribution in [1.29, 1.82) is 0 Å². The van der Waals surface area contributed by atoms with E-state index in [0.717, 1.165) is 6.07 Å². The zero-order chi connectivity index (χ0) is 35.9. The molecule has 48 heavy (non-hydrogen) atoms. The van der Waals surface area contributed by atoms with Gasteiger partial charge < -0.3 is 29.8 Å². The van der Waals surface area contributed by atoms with Crippen molar-refractivity contribution in [2.75, 3.05) is 11.6 Å². The maximum absolute atomic E-state index is 13.6. The first kappa shape index (κ1) is 37.2. The normalized spacial score (nSPS) is 13.4. The topological polar surface area (TPSA) is 198 Å². The van der Waals surface area contributed by atoms with Crippen LogP contribution in [-0.4, -0.2) is 52.9 Å². The van der Waals surface area contributed by atoms with Crippen LogP contribution in [0.2, 0.25) is 0 Å². The number of anilines is 1. The summed E-state index contributed by atoms with van der Waals surface area (Å²) in [5, 5.41) is 10.4. The number of hydrogen-bond acceptors (Lipinski definition) is 11. The number of esters is 3. The van der Waals surface area contributed by atoms with Gasteiger partial charge in [-0.1, -0.05) is 72.8 Å². The highest BCUT2D eigenvalue weighted by molar-refractivity contribution is 6.05. The zero-order valence-corrected chi connectivity index (χ0v) is 27.7. The summed E-state index contributed by atoms with van der Waals surface area (Å²) in [6.07, 6.45) is -2.13. The molecule has 0 aliphatic rings. The summed E-state index contributed by atoms with van der Waals surface area (Å²) in [6.45, 7) is 8.65. The molecule has 0 spiro atoms. The van der Waals surface area contributed by atoms with Crippen molar-refractivity contribution in [3.8, 4) is 0 Å². The minimum absolute atomic E-state index is 0.123. The molecule has 0 unspecified atom stereocenters. The van der Waals surface area contributed by atoms with E-state index in [4.69, 9.17) is 30.5 Å². The number of carbonyl (C=O) groups is 5. The van der Waals surface area contributed by atoms with Gasteiger partial charge >= 0.3 is 30.0 Å². The highest BCUT2D eigenvalue weighted by atomic mass is 16.6. The third-order valence-electron chi connectivity index (χ3n) is 6.62. The highest BCUT2D eigenvalue weighted by Crippen LogP contribution is 2.29. The standard InChI is InChI=1S/C35H41N3O10/c1-33(2,3)47-29(40)26(28(39)46-27(22-14-9-7-10-15-22)23-16-11-8-12-17-23)21-45-32(44)38(37)25-19-13-18-24(20-25)35(36,30(41)42)31(43)48-34(4,5)6/h7-20,26-27H,21,36-37H2,1-6H3,(H,41,42)/t26-,35-/m1/s1. The van der Waals surface area contributed by atoms with Crippen LogP contribution in [-0.2, 0) is 43.7 Å². The lowest BCUT2D eigenvalue weighted by Gasteiger charge is -2.29. The highest BCUT2D eigenvalue weighted by Gasteiger charge is 2.47. The van der Waals surface area contributed by atoms with E-state index in [0.29, 0.717) is 16.1 Å². The third kappa shape index (κ3) is 9.62. The van der Waals surface area contributed by atoms with Gasteiger partial charge in [0.25, 0.3) is 0 Å². The Labute approximate surface area is 278 Å². The maximum Gasteiger partial charge on any atom is 0.428 e. The summed E-state index contributed by atoms with van der Waals surface area (Å²) in [5.74, 6) is -0.681. The van der Waals surface area contributed by atoms with Crippen molar-refractivity contribution in [1.82, 2.24) is 0 Å². The van der Waals surface area contributed by atoms with E-state index in [1.807, 2.05) is 0 Å². The lowest BCUT2D eigenvalue weighted by Crippen LogP contribution is -2.54. The molecule has 0 aliphatic carbocycles. The van der Waals surface area contributed by atoms with Gasteiger partial charge in [0.2, 0.25) is 5.54 Å². The second-order valence-electron chi connectivity index (χ2n) is 12.8. The number of nitrogens with zero attached hydrogens (tertiary/aromatic N) is 1. The molecule has 0 aromatic heterocycles. The average Bonchev–Trinajstić information content (AvgIpc) is 3.01. The molecular formula is C35H41N3O10.